The molecule has 5 heteroatoms. The SMILES string of the molecule is O=C(OCCO)c1ccc(O)cc1O. The fourth-order valence-electron chi connectivity index (χ4n) is 0.909. The third-order valence-electron chi connectivity index (χ3n) is 1.53. The molecule has 0 spiro atoms. The number of aliphatic hydroxyl groups is 1. The van der Waals surface area contributed by atoms with Crippen molar-refractivity contribution in [3.05, 3.63) is 23.8 Å². The number of carbonyl (C=O) groups excluding carboxylic acids is 1. The van der Waals surface area contributed by atoms with Crippen LogP contribution in [0, 0.1) is 0 Å². The number of benzene rings is 1. The zero-order valence-electron chi connectivity index (χ0n) is 7.30. The summed E-state index contributed by atoms with van der Waals surface area (Å²) in [5.74, 6) is -1.23. The van der Waals surface area contributed by atoms with Gasteiger partial charge in [0, 0.05) is 6.07 Å². The van der Waals surface area contributed by atoms with Gasteiger partial charge >= 0.3 is 5.97 Å². The first kappa shape index (κ1) is 10.3. The standard InChI is InChI=1S/C9H10O5/c10-3-4-14-9(13)7-2-1-6(11)5-8(7)12/h1-2,5,10-12H,3-4H2. The van der Waals surface area contributed by atoms with Gasteiger partial charge in [0.1, 0.15) is 23.7 Å². The second-order valence-corrected chi connectivity index (χ2v) is 2.56. The molecule has 0 unspecified atom stereocenters. The van der Waals surface area contributed by atoms with Gasteiger partial charge < -0.3 is 20.1 Å². The molecule has 0 fully saturated rings. The Balaban J connectivity index is 2.80. The summed E-state index contributed by atoms with van der Waals surface area (Å²) >= 11 is 0. The number of phenols is 2. The minimum atomic E-state index is -0.739. The smallest absolute Gasteiger partial charge is 0.341 e. The van der Waals surface area contributed by atoms with Gasteiger partial charge in [-0.15, -0.1) is 0 Å². The number of aliphatic hydroxyl groups excluding tert-OH is 1. The van der Waals surface area contributed by atoms with Crippen LogP contribution in [0.2, 0.25) is 0 Å². The maximum absolute atomic E-state index is 11.2. The summed E-state index contributed by atoms with van der Waals surface area (Å²) in [5, 5.41) is 26.6. The zero-order valence-corrected chi connectivity index (χ0v) is 7.30. The summed E-state index contributed by atoms with van der Waals surface area (Å²) < 4.78 is 4.57. The minimum Gasteiger partial charge on any atom is -0.508 e. The van der Waals surface area contributed by atoms with E-state index in [2.05, 4.69) is 4.74 Å². The number of esters is 1. The van der Waals surface area contributed by atoms with Gasteiger partial charge in [0.2, 0.25) is 0 Å². The largest absolute Gasteiger partial charge is 0.508 e. The average molecular weight is 198 g/mol. The Morgan fingerprint density at radius 3 is 2.64 bits per heavy atom. The molecule has 0 saturated carbocycles. The lowest BCUT2D eigenvalue weighted by Crippen LogP contribution is -2.08. The summed E-state index contributed by atoms with van der Waals surface area (Å²) in [5.41, 5.74) is -0.0451. The van der Waals surface area contributed by atoms with Crippen molar-refractivity contribution in [2.75, 3.05) is 13.2 Å². The molecule has 0 aliphatic heterocycles. The molecule has 0 amide bonds. The lowest BCUT2D eigenvalue weighted by Gasteiger charge is -2.04. The van der Waals surface area contributed by atoms with E-state index < -0.39 is 5.97 Å². The van der Waals surface area contributed by atoms with E-state index in [1.807, 2.05) is 0 Å². The van der Waals surface area contributed by atoms with Gasteiger partial charge in [0.05, 0.1) is 6.61 Å². The van der Waals surface area contributed by atoms with Crippen LogP contribution in [0.5, 0.6) is 11.5 Å². The molecule has 14 heavy (non-hydrogen) atoms. The van der Waals surface area contributed by atoms with Crippen molar-refractivity contribution in [3.63, 3.8) is 0 Å². The Morgan fingerprint density at radius 2 is 2.07 bits per heavy atom. The number of hydrogen-bond donors (Lipinski definition) is 3. The maximum Gasteiger partial charge on any atom is 0.341 e. The van der Waals surface area contributed by atoms with Crippen molar-refractivity contribution in [3.8, 4) is 11.5 Å². The van der Waals surface area contributed by atoms with Crippen LogP contribution in [0.4, 0.5) is 0 Å². The first-order valence-corrected chi connectivity index (χ1v) is 3.95. The van der Waals surface area contributed by atoms with E-state index >= 15 is 0 Å². The van der Waals surface area contributed by atoms with E-state index in [0.717, 1.165) is 6.07 Å². The fourth-order valence-corrected chi connectivity index (χ4v) is 0.909. The highest BCUT2D eigenvalue weighted by atomic mass is 16.5. The Hall–Kier alpha value is -1.75. The van der Waals surface area contributed by atoms with E-state index in [9.17, 15) is 9.90 Å². The normalized spacial score (nSPS) is 9.79. The van der Waals surface area contributed by atoms with Gasteiger partial charge in [-0.2, -0.15) is 0 Å². The molecule has 1 rings (SSSR count). The monoisotopic (exact) mass is 198 g/mol. The first-order chi connectivity index (χ1) is 6.65. The summed E-state index contributed by atoms with van der Waals surface area (Å²) in [6, 6.07) is 3.54. The topological polar surface area (TPSA) is 87.0 Å². The molecule has 0 aliphatic carbocycles. The van der Waals surface area contributed by atoms with Gasteiger partial charge in [-0.3, -0.25) is 0 Å². The summed E-state index contributed by atoms with van der Waals surface area (Å²) in [4.78, 5) is 11.2. The second-order valence-electron chi connectivity index (χ2n) is 2.56. The van der Waals surface area contributed by atoms with Crippen molar-refractivity contribution >= 4 is 5.97 Å². The quantitative estimate of drug-likeness (QED) is 0.606. The molecule has 5 nitrogen and oxygen atoms in total. The number of aromatic hydroxyl groups is 2. The molecule has 1 aromatic rings. The summed E-state index contributed by atoms with van der Waals surface area (Å²) in [6.45, 7) is -0.399. The number of ether oxygens (including phenoxy) is 1. The number of hydrogen-bond acceptors (Lipinski definition) is 5. The van der Waals surface area contributed by atoms with Gasteiger partial charge in [0.15, 0.2) is 0 Å². The maximum atomic E-state index is 11.2. The number of phenolic OH excluding ortho intramolecular Hbond substituents is 2. The van der Waals surface area contributed by atoms with Gasteiger partial charge in [-0.05, 0) is 12.1 Å². The lowest BCUT2D eigenvalue weighted by atomic mass is 10.2. The zero-order chi connectivity index (χ0) is 10.6. The number of carbonyl (C=O) groups is 1. The fraction of sp³-hybridized carbons (Fsp3) is 0.222. The molecular formula is C9H10O5. The molecule has 3 N–H and O–H groups in total. The Labute approximate surface area is 80.2 Å². The Kier molecular flexibility index (Phi) is 3.30. The number of rotatable bonds is 3. The van der Waals surface area contributed by atoms with E-state index in [-0.39, 0.29) is 30.3 Å². The summed E-state index contributed by atoms with van der Waals surface area (Å²) in [7, 11) is 0. The van der Waals surface area contributed by atoms with Gasteiger partial charge in [0.25, 0.3) is 0 Å². The summed E-state index contributed by atoms with van der Waals surface area (Å²) in [6.07, 6.45) is 0. The first-order valence-electron chi connectivity index (χ1n) is 3.95. The van der Waals surface area contributed by atoms with Crippen LogP contribution in [-0.4, -0.2) is 34.5 Å². The van der Waals surface area contributed by atoms with Crippen molar-refractivity contribution in [1.82, 2.24) is 0 Å². The van der Waals surface area contributed by atoms with Crippen molar-refractivity contribution < 1.29 is 24.9 Å². The van der Waals surface area contributed by atoms with Crippen molar-refractivity contribution in [2.45, 2.75) is 0 Å². The van der Waals surface area contributed by atoms with E-state index in [0.29, 0.717) is 0 Å². The van der Waals surface area contributed by atoms with Crippen LogP contribution < -0.4 is 0 Å². The highest BCUT2D eigenvalue weighted by Crippen LogP contribution is 2.22. The second kappa shape index (κ2) is 4.48. The molecule has 0 bridgehead atoms. The lowest BCUT2D eigenvalue weighted by molar-refractivity contribution is 0.0430. The van der Waals surface area contributed by atoms with Crippen LogP contribution in [0.1, 0.15) is 10.4 Å². The van der Waals surface area contributed by atoms with Crippen molar-refractivity contribution in [1.29, 1.82) is 0 Å². The highest BCUT2D eigenvalue weighted by molar-refractivity contribution is 5.92. The predicted molar refractivity (Wildman–Crippen MR) is 47.1 cm³/mol. The average Bonchev–Trinajstić information content (AvgIpc) is 2.14. The molecule has 0 atom stereocenters. The Morgan fingerprint density at radius 1 is 1.36 bits per heavy atom. The van der Waals surface area contributed by atoms with E-state index in [4.69, 9.17) is 10.2 Å². The van der Waals surface area contributed by atoms with Crippen LogP contribution in [0.25, 0.3) is 0 Å². The molecule has 0 saturated heterocycles. The molecule has 0 heterocycles. The molecule has 0 aromatic heterocycles. The minimum absolute atomic E-state index is 0.0451. The Bertz CT molecular complexity index is 334. The molecule has 1 aromatic carbocycles. The molecular weight excluding hydrogens is 188 g/mol. The predicted octanol–water partition coefficient (Wildman–Crippen LogP) is 0.247. The van der Waals surface area contributed by atoms with E-state index in [1.165, 1.54) is 12.1 Å². The van der Waals surface area contributed by atoms with Gasteiger partial charge in [-0.1, -0.05) is 0 Å². The molecule has 0 aliphatic rings. The van der Waals surface area contributed by atoms with Gasteiger partial charge in [-0.25, -0.2) is 4.79 Å². The van der Waals surface area contributed by atoms with Crippen LogP contribution in [-0.2, 0) is 4.74 Å². The molecule has 76 valence electrons. The molecule has 0 radical (unpaired) electrons. The van der Waals surface area contributed by atoms with Crippen LogP contribution in [0.15, 0.2) is 18.2 Å². The highest BCUT2D eigenvalue weighted by Gasteiger charge is 2.12. The van der Waals surface area contributed by atoms with Crippen molar-refractivity contribution in [2.24, 2.45) is 0 Å². The van der Waals surface area contributed by atoms with Crippen LogP contribution in [0.3, 0.4) is 0 Å². The van der Waals surface area contributed by atoms with Crippen LogP contribution >= 0.6 is 0 Å². The third kappa shape index (κ3) is 2.37. The third-order valence-corrected chi connectivity index (χ3v) is 1.53. The van der Waals surface area contributed by atoms with E-state index in [1.54, 1.807) is 0 Å².